The molecule has 7 heteroatoms. The fraction of sp³-hybridized carbons (Fsp3) is 1.00. The van der Waals surface area contributed by atoms with E-state index in [4.69, 9.17) is 4.74 Å². The van der Waals surface area contributed by atoms with Gasteiger partial charge in [0.2, 0.25) is 0 Å². The van der Waals surface area contributed by atoms with Crippen molar-refractivity contribution in [2.24, 2.45) is 0 Å². The Kier molecular flexibility index (Phi) is 4.94. The van der Waals surface area contributed by atoms with Crippen molar-refractivity contribution in [3.63, 3.8) is 0 Å². The molecule has 0 atom stereocenters. The Hall–Kier alpha value is -0.210. The molecule has 0 unspecified atom stereocenters. The van der Waals surface area contributed by atoms with Crippen LogP contribution in [0.15, 0.2) is 0 Å². The van der Waals surface area contributed by atoms with Crippen molar-refractivity contribution in [1.29, 1.82) is 0 Å². The first-order valence-electron chi connectivity index (χ1n) is 5.00. The third kappa shape index (κ3) is 3.39. The maximum Gasteiger partial charge on any atom is 0.281 e. The Morgan fingerprint density at radius 2 is 2.00 bits per heavy atom. The molecule has 0 saturated carbocycles. The number of piperazine rings is 1. The Bertz CT molecular complexity index is 275. The van der Waals surface area contributed by atoms with Crippen LogP contribution in [0, 0.1) is 0 Å². The number of hydrogen-bond donors (Lipinski definition) is 1. The lowest BCUT2D eigenvalue weighted by Gasteiger charge is -2.30. The van der Waals surface area contributed by atoms with Gasteiger partial charge in [-0.05, 0) is 0 Å². The summed E-state index contributed by atoms with van der Waals surface area (Å²) in [6, 6.07) is 0. The van der Waals surface area contributed by atoms with Crippen molar-refractivity contribution >= 4 is 10.2 Å². The maximum absolute atomic E-state index is 12.0. The number of likely N-dealkylation sites (N-methyl/N-ethyl adjacent to an activating group) is 1. The number of ether oxygens (including phenoxy) is 1. The molecule has 0 aliphatic carbocycles. The highest BCUT2D eigenvalue weighted by Gasteiger charge is 2.27. The predicted molar refractivity (Wildman–Crippen MR) is 57.9 cm³/mol. The third-order valence-electron chi connectivity index (χ3n) is 2.41. The number of hydrogen-bond acceptors (Lipinski definition) is 4. The molecule has 6 nitrogen and oxygen atoms in total. The second-order valence-corrected chi connectivity index (χ2v) is 5.51. The topological polar surface area (TPSA) is 61.9 Å². The lowest BCUT2D eigenvalue weighted by Crippen LogP contribution is -2.51. The van der Waals surface area contributed by atoms with Gasteiger partial charge >= 0.3 is 0 Å². The molecular formula is C8H19N3O3S. The molecule has 1 aliphatic heterocycles. The van der Waals surface area contributed by atoms with Crippen LogP contribution in [0.1, 0.15) is 0 Å². The first-order chi connectivity index (χ1) is 7.09. The van der Waals surface area contributed by atoms with Gasteiger partial charge in [-0.15, -0.1) is 0 Å². The standard InChI is InChI=1S/C8H19N3O3S/c1-10(7-8-14-2)15(12,13)11-5-3-9-4-6-11/h9H,3-8H2,1-2H3. The molecule has 90 valence electrons. The van der Waals surface area contributed by atoms with Crippen molar-refractivity contribution < 1.29 is 13.2 Å². The SMILES string of the molecule is COCCN(C)S(=O)(=O)N1CCNCC1. The summed E-state index contributed by atoms with van der Waals surface area (Å²) < 4.78 is 31.6. The fourth-order valence-corrected chi connectivity index (χ4v) is 2.75. The minimum Gasteiger partial charge on any atom is -0.383 e. The molecule has 0 amide bonds. The van der Waals surface area contributed by atoms with Gasteiger partial charge in [-0.1, -0.05) is 0 Å². The molecule has 0 aromatic heterocycles. The smallest absolute Gasteiger partial charge is 0.281 e. The molecule has 0 radical (unpaired) electrons. The summed E-state index contributed by atoms with van der Waals surface area (Å²) in [4.78, 5) is 0. The van der Waals surface area contributed by atoms with Crippen LogP contribution in [0.25, 0.3) is 0 Å². The van der Waals surface area contributed by atoms with Crippen LogP contribution in [0.4, 0.5) is 0 Å². The summed E-state index contributed by atoms with van der Waals surface area (Å²) in [5, 5.41) is 3.12. The van der Waals surface area contributed by atoms with Gasteiger partial charge in [0.05, 0.1) is 6.61 Å². The molecule has 0 aromatic rings. The number of methoxy groups -OCH3 is 1. The molecule has 1 rings (SSSR count). The first kappa shape index (κ1) is 12.9. The minimum atomic E-state index is -3.29. The van der Waals surface area contributed by atoms with Gasteiger partial charge in [-0.2, -0.15) is 17.0 Å². The van der Waals surface area contributed by atoms with E-state index in [1.165, 1.54) is 8.61 Å². The van der Waals surface area contributed by atoms with Crippen LogP contribution in [-0.2, 0) is 14.9 Å². The van der Waals surface area contributed by atoms with E-state index < -0.39 is 10.2 Å². The molecule has 15 heavy (non-hydrogen) atoms. The largest absolute Gasteiger partial charge is 0.383 e. The van der Waals surface area contributed by atoms with Crippen molar-refractivity contribution in [3.05, 3.63) is 0 Å². The van der Waals surface area contributed by atoms with Gasteiger partial charge in [-0.3, -0.25) is 0 Å². The van der Waals surface area contributed by atoms with Gasteiger partial charge in [0.1, 0.15) is 0 Å². The Morgan fingerprint density at radius 1 is 1.40 bits per heavy atom. The van der Waals surface area contributed by atoms with Gasteiger partial charge in [0.25, 0.3) is 10.2 Å². The number of nitrogens with one attached hydrogen (secondary N) is 1. The predicted octanol–water partition coefficient (Wildman–Crippen LogP) is -1.29. The van der Waals surface area contributed by atoms with Crippen LogP contribution >= 0.6 is 0 Å². The van der Waals surface area contributed by atoms with Crippen molar-refractivity contribution in [2.75, 3.05) is 53.5 Å². The van der Waals surface area contributed by atoms with Gasteiger partial charge in [-0.25, -0.2) is 0 Å². The summed E-state index contributed by atoms with van der Waals surface area (Å²) in [5.41, 5.74) is 0. The van der Waals surface area contributed by atoms with Crippen LogP contribution in [0.2, 0.25) is 0 Å². The minimum absolute atomic E-state index is 0.392. The van der Waals surface area contributed by atoms with E-state index in [-0.39, 0.29) is 0 Å². The summed E-state index contributed by atoms with van der Waals surface area (Å²) in [7, 11) is -0.147. The summed E-state index contributed by atoms with van der Waals surface area (Å²) in [6.45, 7) is 3.33. The van der Waals surface area contributed by atoms with E-state index in [1.807, 2.05) is 0 Å². The molecule has 1 heterocycles. The Balaban J connectivity index is 2.55. The van der Waals surface area contributed by atoms with Crippen LogP contribution < -0.4 is 5.32 Å². The van der Waals surface area contributed by atoms with Crippen molar-refractivity contribution in [3.8, 4) is 0 Å². The zero-order chi connectivity index (χ0) is 11.3. The van der Waals surface area contributed by atoms with Crippen LogP contribution in [0.5, 0.6) is 0 Å². The lowest BCUT2D eigenvalue weighted by atomic mass is 10.4. The number of rotatable bonds is 5. The molecule has 0 bridgehead atoms. The van der Waals surface area contributed by atoms with E-state index in [0.29, 0.717) is 26.2 Å². The highest BCUT2D eigenvalue weighted by atomic mass is 32.2. The summed E-state index contributed by atoms with van der Waals surface area (Å²) in [5.74, 6) is 0. The van der Waals surface area contributed by atoms with E-state index in [2.05, 4.69) is 5.32 Å². The molecule has 1 saturated heterocycles. The van der Waals surface area contributed by atoms with Gasteiger partial charge in [0, 0.05) is 46.9 Å². The first-order valence-corrected chi connectivity index (χ1v) is 6.40. The molecule has 0 aromatic carbocycles. The maximum atomic E-state index is 12.0. The van der Waals surface area contributed by atoms with Crippen LogP contribution in [-0.4, -0.2) is 70.5 Å². The fourth-order valence-electron chi connectivity index (χ4n) is 1.41. The van der Waals surface area contributed by atoms with E-state index in [1.54, 1.807) is 14.2 Å². The quantitative estimate of drug-likeness (QED) is 0.646. The molecular weight excluding hydrogens is 218 g/mol. The van der Waals surface area contributed by atoms with Crippen molar-refractivity contribution in [2.45, 2.75) is 0 Å². The van der Waals surface area contributed by atoms with Gasteiger partial charge < -0.3 is 10.1 Å². The lowest BCUT2D eigenvalue weighted by molar-refractivity contribution is 0.182. The Morgan fingerprint density at radius 3 is 2.53 bits per heavy atom. The average molecular weight is 237 g/mol. The van der Waals surface area contributed by atoms with Crippen LogP contribution in [0.3, 0.4) is 0 Å². The highest BCUT2D eigenvalue weighted by Crippen LogP contribution is 2.06. The van der Waals surface area contributed by atoms with E-state index >= 15 is 0 Å². The second-order valence-electron chi connectivity index (χ2n) is 3.47. The molecule has 1 fully saturated rings. The van der Waals surface area contributed by atoms with E-state index in [0.717, 1.165) is 13.1 Å². The monoisotopic (exact) mass is 237 g/mol. The molecule has 1 N–H and O–H groups in total. The number of nitrogens with zero attached hydrogens (tertiary/aromatic N) is 2. The average Bonchev–Trinajstić information content (AvgIpc) is 2.27. The molecule has 1 aliphatic rings. The highest BCUT2D eigenvalue weighted by molar-refractivity contribution is 7.86. The van der Waals surface area contributed by atoms with Gasteiger partial charge in [0.15, 0.2) is 0 Å². The second kappa shape index (κ2) is 5.76. The summed E-state index contributed by atoms with van der Waals surface area (Å²) >= 11 is 0. The normalized spacial score (nSPS) is 19.7. The summed E-state index contributed by atoms with van der Waals surface area (Å²) in [6.07, 6.45) is 0. The third-order valence-corrected chi connectivity index (χ3v) is 4.39. The zero-order valence-electron chi connectivity index (χ0n) is 9.27. The van der Waals surface area contributed by atoms with E-state index in [9.17, 15) is 8.42 Å². The molecule has 0 spiro atoms. The van der Waals surface area contributed by atoms with Crippen molar-refractivity contribution in [1.82, 2.24) is 13.9 Å². The zero-order valence-corrected chi connectivity index (χ0v) is 10.1. The Labute approximate surface area is 91.4 Å².